The smallest absolute Gasteiger partial charge is 0.220 e. The third-order valence-corrected chi connectivity index (χ3v) is 14.8. The van der Waals surface area contributed by atoms with Crippen LogP contribution >= 0.6 is 0 Å². The SMILES string of the molecule is C=CC[Si](CC=C)(O[Si](CC=C)(CC=C)c1cccc(N)c1)c1cccc(N)c1. The molecule has 2 aromatic carbocycles. The quantitative estimate of drug-likeness (QED) is 0.299. The summed E-state index contributed by atoms with van der Waals surface area (Å²) in [4.78, 5) is 0. The Balaban J connectivity index is 2.71. The van der Waals surface area contributed by atoms with E-state index in [0.29, 0.717) is 0 Å². The van der Waals surface area contributed by atoms with Gasteiger partial charge in [-0.15, -0.1) is 26.3 Å². The molecule has 0 aliphatic rings. The van der Waals surface area contributed by atoms with E-state index in [-0.39, 0.29) is 0 Å². The van der Waals surface area contributed by atoms with Gasteiger partial charge >= 0.3 is 0 Å². The van der Waals surface area contributed by atoms with Crippen molar-refractivity contribution in [2.75, 3.05) is 11.5 Å². The van der Waals surface area contributed by atoms with Crippen LogP contribution in [0.1, 0.15) is 0 Å². The molecule has 0 aliphatic carbocycles. The van der Waals surface area contributed by atoms with Gasteiger partial charge in [0.25, 0.3) is 0 Å². The second kappa shape index (κ2) is 10.3. The highest BCUT2D eigenvalue weighted by molar-refractivity contribution is 6.99. The van der Waals surface area contributed by atoms with Gasteiger partial charge in [0.15, 0.2) is 0 Å². The second-order valence-corrected chi connectivity index (χ2v) is 14.9. The maximum absolute atomic E-state index is 7.35. The average molecular weight is 421 g/mol. The normalized spacial score (nSPS) is 11.6. The van der Waals surface area contributed by atoms with Crippen LogP contribution in [0.3, 0.4) is 0 Å². The summed E-state index contributed by atoms with van der Waals surface area (Å²) in [6, 6.07) is 19.2. The lowest BCUT2D eigenvalue weighted by molar-refractivity contribution is 0.552. The van der Waals surface area contributed by atoms with Gasteiger partial charge in [0.2, 0.25) is 16.6 Å². The van der Waals surface area contributed by atoms with Crippen LogP contribution < -0.4 is 21.8 Å². The molecule has 4 N–H and O–H groups in total. The summed E-state index contributed by atoms with van der Waals surface area (Å²) in [5.74, 6) is 0. The summed E-state index contributed by atoms with van der Waals surface area (Å²) < 4.78 is 7.35. The first-order valence-electron chi connectivity index (χ1n) is 9.81. The van der Waals surface area contributed by atoms with E-state index in [1.165, 1.54) is 0 Å². The fourth-order valence-electron chi connectivity index (χ4n) is 3.87. The van der Waals surface area contributed by atoms with Crippen molar-refractivity contribution >= 4 is 38.4 Å². The minimum absolute atomic E-state index is 0.736. The monoisotopic (exact) mass is 420 g/mol. The Labute approximate surface area is 177 Å². The number of benzene rings is 2. The summed E-state index contributed by atoms with van der Waals surface area (Å²) in [6.45, 7) is 16.1. The minimum Gasteiger partial charge on any atom is -0.447 e. The van der Waals surface area contributed by atoms with Gasteiger partial charge in [-0.3, -0.25) is 0 Å². The minimum atomic E-state index is -2.50. The van der Waals surface area contributed by atoms with Crippen molar-refractivity contribution in [3.8, 4) is 0 Å². The largest absolute Gasteiger partial charge is 0.447 e. The van der Waals surface area contributed by atoms with Gasteiger partial charge in [-0.2, -0.15) is 0 Å². The number of nitrogens with two attached hydrogens (primary N) is 2. The molecule has 2 aromatic rings. The van der Waals surface area contributed by atoms with Crippen LogP contribution in [0.4, 0.5) is 11.4 Å². The van der Waals surface area contributed by atoms with Crippen molar-refractivity contribution in [1.29, 1.82) is 0 Å². The molecular formula is C24H32N2OSi2. The average Bonchev–Trinajstić information content (AvgIpc) is 2.68. The Morgan fingerprint density at radius 2 is 1.00 bits per heavy atom. The Bertz CT molecular complexity index is 787. The fraction of sp³-hybridized carbons (Fsp3) is 0.167. The van der Waals surface area contributed by atoms with Crippen molar-refractivity contribution in [1.82, 2.24) is 0 Å². The van der Waals surface area contributed by atoms with Crippen LogP contribution in [0.25, 0.3) is 0 Å². The molecule has 29 heavy (non-hydrogen) atoms. The van der Waals surface area contributed by atoms with Gasteiger partial charge in [0.05, 0.1) is 0 Å². The molecule has 0 radical (unpaired) electrons. The Hall–Kier alpha value is -2.61. The zero-order valence-electron chi connectivity index (χ0n) is 17.1. The highest BCUT2D eigenvalue weighted by Crippen LogP contribution is 2.30. The van der Waals surface area contributed by atoms with Gasteiger partial charge in [0, 0.05) is 11.4 Å². The van der Waals surface area contributed by atoms with Crippen molar-refractivity contribution in [2.45, 2.75) is 24.2 Å². The summed E-state index contributed by atoms with van der Waals surface area (Å²) in [5, 5.41) is 2.32. The molecule has 0 aliphatic heterocycles. The van der Waals surface area contributed by atoms with Crippen LogP contribution in [0.5, 0.6) is 0 Å². The van der Waals surface area contributed by atoms with Crippen LogP contribution in [-0.4, -0.2) is 16.6 Å². The maximum atomic E-state index is 7.35. The van der Waals surface area contributed by atoms with E-state index in [4.69, 9.17) is 15.6 Å². The summed E-state index contributed by atoms with van der Waals surface area (Å²) in [6.07, 6.45) is 7.83. The summed E-state index contributed by atoms with van der Waals surface area (Å²) >= 11 is 0. The molecule has 0 amide bonds. The Morgan fingerprint density at radius 3 is 1.28 bits per heavy atom. The highest BCUT2D eigenvalue weighted by atomic mass is 28.4. The second-order valence-electron chi connectivity index (χ2n) is 7.31. The number of rotatable bonds is 12. The van der Waals surface area contributed by atoms with Crippen LogP contribution in [0.15, 0.2) is 99.2 Å². The maximum Gasteiger partial charge on any atom is 0.220 e. The molecule has 2 rings (SSSR count). The van der Waals surface area contributed by atoms with Crippen molar-refractivity contribution in [3.63, 3.8) is 0 Å². The summed E-state index contributed by atoms with van der Waals surface area (Å²) in [5.41, 5.74) is 13.7. The van der Waals surface area contributed by atoms with E-state index in [1.54, 1.807) is 0 Å². The van der Waals surface area contributed by atoms with E-state index >= 15 is 0 Å². The number of nitrogen functional groups attached to an aromatic ring is 2. The number of hydrogen-bond donors (Lipinski definition) is 2. The van der Waals surface area contributed by atoms with Gasteiger partial charge in [-0.25, -0.2) is 0 Å². The van der Waals surface area contributed by atoms with Gasteiger partial charge in [-0.05, 0) is 58.8 Å². The van der Waals surface area contributed by atoms with Crippen LogP contribution in [-0.2, 0) is 4.12 Å². The molecular weight excluding hydrogens is 388 g/mol. The molecule has 3 nitrogen and oxygen atoms in total. The molecule has 152 valence electrons. The van der Waals surface area contributed by atoms with Crippen molar-refractivity contribution < 1.29 is 4.12 Å². The van der Waals surface area contributed by atoms with E-state index in [0.717, 1.165) is 45.9 Å². The molecule has 0 atom stereocenters. The van der Waals surface area contributed by atoms with Crippen LogP contribution in [0, 0.1) is 0 Å². The topological polar surface area (TPSA) is 61.3 Å². The summed E-state index contributed by atoms with van der Waals surface area (Å²) in [7, 11) is -5.01. The van der Waals surface area contributed by atoms with E-state index in [9.17, 15) is 0 Å². The number of hydrogen-bond acceptors (Lipinski definition) is 3. The van der Waals surface area contributed by atoms with E-state index < -0.39 is 16.6 Å². The molecule has 0 aromatic heterocycles. The molecule has 0 saturated heterocycles. The van der Waals surface area contributed by atoms with Gasteiger partial charge < -0.3 is 15.6 Å². The third-order valence-electron chi connectivity index (χ3n) is 5.11. The predicted molar refractivity (Wildman–Crippen MR) is 134 cm³/mol. The first kappa shape index (κ1) is 22.7. The zero-order valence-corrected chi connectivity index (χ0v) is 19.1. The van der Waals surface area contributed by atoms with E-state index in [1.807, 2.05) is 60.7 Å². The first-order chi connectivity index (χ1) is 13.9. The first-order valence-corrected chi connectivity index (χ1v) is 14.5. The molecule has 0 bridgehead atoms. The lowest BCUT2D eigenvalue weighted by Crippen LogP contribution is -2.62. The zero-order chi connectivity index (χ0) is 21.3. The lowest BCUT2D eigenvalue weighted by atomic mass is 10.3. The fourth-order valence-corrected chi connectivity index (χ4v) is 13.9. The van der Waals surface area contributed by atoms with Gasteiger partial charge in [0.1, 0.15) is 0 Å². The number of anilines is 2. The lowest BCUT2D eigenvalue weighted by Gasteiger charge is -2.42. The molecule has 0 saturated carbocycles. The molecule has 0 spiro atoms. The number of allylic oxidation sites excluding steroid dienone is 4. The predicted octanol–water partition coefficient (Wildman–Crippen LogP) is 4.62. The Morgan fingerprint density at radius 1 is 0.655 bits per heavy atom. The third kappa shape index (κ3) is 5.26. The highest BCUT2D eigenvalue weighted by Gasteiger charge is 2.45. The standard InChI is InChI=1S/C24H32N2OSi2/c1-5-15-28(16-6-2,23-13-9-11-21(25)19-23)27-29(17-7-3,18-8-4)24-14-10-12-22(26)20-24/h5-14,19-20H,1-4,15-18,25-26H2. The molecule has 0 unspecified atom stereocenters. The Kier molecular flexibility index (Phi) is 8.02. The van der Waals surface area contributed by atoms with E-state index in [2.05, 4.69) is 38.4 Å². The van der Waals surface area contributed by atoms with Crippen LogP contribution in [0.2, 0.25) is 24.2 Å². The molecule has 5 heteroatoms. The molecule has 0 fully saturated rings. The van der Waals surface area contributed by atoms with Crippen molar-refractivity contribution in [2.24, 2.45) is 0 Å². The van der Waals surface area contributed by atoms with Crippen molar-refractivity contribution in [3.05, 3.63) is 99.2 Å². The van der Waals surface area contributed by atoms with Gasteiger partial charge in [-0.1, -0.05) is 48.6 Å². The molecule has 0 heterocycles.